The van der Waals surface area contributed by atoms with Crippen LogP contribution in [0.3, 0.4) is 0 Å². The van der Waals surface area contributed by atoms with E-state index in [1.54, 1.807) is 12.1 Å². The summed E-state index contributed by atoms with van der Waals surface area (Å²) in [7, 11) is 0. The second kappa shape index (κ2) is 5.07. The molecular weight excluding hydrogens is 236 g/mol. The molecule has 0 atom stereocenters. The molecule has 1 aliphatic rings. The van der Waals surface area contributed by atoms with Crippen LogP contribution >= 0.6 is 11.6 Å². The minimum absolute atomic E-state index is 0.0845. The van der Waals surface area contributed by atoms with Crippen molar-refractivity contribution >= 4 is 23.2 Å². The molecule has 1 aliphatic heterocycles. The summed E-state index contributed by atoms with van der Waals surface area (Å²) in [5, 5.41) is 6.85. The van der Waals surface area contributed by atoms with Crippen LogP contribution in [0.4, 0.5) is 5.69 Å². The van der Waals surface area contributed by atoms with Crippen LogP contribution in [-0.4, -0.2) is 19.0 Å². The molecule has 2 N–H and O–H groups in total. The Hall–Kier alpha value is -1.06. The van der Waals surface area contributed by atoms with Gasteiger partial charge in [0.1, 0.15) is 0 Å². The van der Waals surface area contributed by atoms with Gasteiger partial charge in [-0.05, 0) is 44.1 Å². The fourth-order valence-electron chi connectivity index (χ4n) is 2.05. The van der Waals surface area contributed by atoms with Crippen molar-refractivity contribution in [3.05, 3.63) is 29.3 Å². The summed E-state index contributed by atoms with van der Waals surface area (Å²) in [5.41, 5.74) is 0.496. The topological polar surface area (TPSA) is 41.1 Å². The molecule has 1 aromatic carbocycles. The van der Waals surface area contributed by atoms with E-state index < -0.39 is 0 Å². The molecule has 2 rings (SSSR count). The number of amides is 1. The molecule has 0 aromatic heterocycles. The quantitative estimate of drug-likeness (QED) is 0.850. The Morgan fingerprint density at radius 3 is 2.76 bits per heavy atom. The Kier molecular flexibility index (Phi) is 3.69. The predicted octanol–water partition coefficient (Wildman–Crippen LogP) is 2.67. The molecule has 17 heavy (non-hydrogen) atoms. The molecular formula is C13H17ClN2O. The van der Waals surface area contributed by atoms with Crippen LogP contribution in [0.5, 0.6) is 0 Å². The van der Waals surface area contributed by atoms with Gasteiger partial charge in [-0.25, -0.2) is 0 Å². The summed E-state index contributed by atoms with van der Waals surface area (Å²) in [5.74, 6) is 0.0845. The molecule has 0 radical (unpaired) electrons. The molecule has 3 nitrogen and oxygen atoms in total. The van der Waals surface area contributed by atoms with E-state index in [9.17, 15) is 4.79 Å². The number of hydrogen-bond donors (Lipinski definition) is 2. The Balaban J connectivity index is 2.05. The molecule has 0 bridgehead atoms. The lowest BCUT2D eigenvalue weighted by molar-refractivity contribution is -0.126. The number of hydrogen-bond acceptors (Lipinski definition) is 2. The second-order valence-corrected chi connectivity index (χ2v) is 5.21. The van der Waals surface area contributed by atoms with Crippen molar-refractivity contribution in [3.8, 4) is 0 Å². The SMILES string of the molecule is CC1(C(=O)Nc2cccc(Cl)c2)CCNCC1. The van der Waals surface area contributed by atoms with E-state index in [1.807, 2.05) is 19.1 Å². The van der Waals surface area contributed by atoms with Gasteiger partial charge in [-0.3, -0.25) is 4.79 Å². The maximum Gasteiger partial charge on any atom is 0.230 e. The number of anilines is 1. The van der Waals surface area contributed by atoms with E-state index in [1.165, 1.54) is 0 Å². The van der Waals surface area contributed by atoms with Crippen molar-refractivity contribution in [1.29, 1.82) is 0 Å². The average molecular weight is 253 g/mol. The summed E-state index contributed by atoms with van der Waals surface area (Å²) in [6, 6.07) is 7.25. The molecule has 1 heterocycles. The molecule has 1 aromatic rings. The van der Waals surface area contributed by atoms with Gasteiger partial charge in [-0.2, -0.15) is 0 Å². The van der Waals surface area contributed by atoms with Gasteiger partial charge in [0, 0.05) is 16.1 Å². The summed E-state index contributed by atoms with van der Waals surface area (Å²) in [4.78, 5) is 12.2. The van der Waals surface area contributed by atoms with Crippen molar-refractivity contribution in [2.75, 3.05) is 18.4 Å². The van der Waals surface area contributed by atoms with Crippen LogP contribution < -0.4 is 10.6 Å². The normalized spacial score (nSPS) is 18.7. The first kappa shape index (κ1) is 12.4. The van der Waals surface area contributed by atoms with Crippen LogP contribution in [0.15, 0.2) is 24.3 Å². The zero-order valence-corrected chi connectivity index (χ0v) is 10.7. The summed E-state index contributed by atoms with van der Waals surface area (Å²) in [6.45, 7) is 3.83. The molecule has 1 saturated heterocycles. The number of nitrogens with one attached hydrogen (secondary N) is 2. The Morgan fingerprint density at radius 1 is 1.41 bits per heavy atom. The van der Waals surface area contributed by atoms with E-state index in [4.69, 9.17) is 11.6 Å². The van der Waals surface area contributed by atoms with Crippen LogP contribution in [0.2, 0.25) is 5.02 Å². The average Bonchev–Trinajstić information content (AvgIpc) is 2.30. The molecule has 1 fully saturated rings. The van der Waals surface area contributed by atoms with Crippen LogP contribution in [0.1, 0.15) is 19.8 Å². The van der Waals surface area contributed by atoms with Gasteiger partial charge in [-0.1, -0.05) is 24.6 Å². The summed E-state index contributed by atoms with van der Waals surface area (Å²) >= 11 is 5.89. The standard InChI is InChI=1S/C13H17ClN2O/c1-13(5-7-15-8-6-13)12(17)16-11-4-2-3-10(14)9-11/h2-4,9,15H,5-8H2,1H3,(H,16,17). The van der Waals surface area contributed by atoms with Gasteiger partial charge in [0.2, 0.25) is 5.91 Å². The highest BCUT2D eigenvalue weighted by Crippen LogP contribution is 2.29. The highest BCUT2D eigenvalue weighted by atomic mass is 35.5. The highest BCUT2D eigenvalue weighted by molar-refractivity contribution is 6.30. The first-order chi connectivity index (χ1) is 8.10. The lowest BCUT2D eigenvalue weighted by atomic mass is 9.80. The Morgan fingerprint density at radius 2 is 2.12 bits per heavy atom. The maximum atomic E-state index is 12.2. The van der Waals surface area contributed by atoms with E-state index in [0.717, 1.165) is 31.6 Å². The van der Waals surface area contributed by atoms with Crippen molar-refractivity contribution in [1.82, 2.24) is 5.32 Å². The van der Waals surface area contributed by atoms with Crippen LogP contribution in [-0.2, 0) is 4.79 Å². The maximum absolute atomic E-state index is 12.2. The second-order valence-electron chi connectivity index (χ2n) is 4.78. The number of carbonyl (C=O) groups excluding carboxylic acids is 1. The molecule has 92 valence electrons. The third-order valence-corrected chi connectivity index (χ3v) is 3.57. The monoisotopic (exact) mass is 252 g/mol. The van der Waals surface area contributed by atoms with Crippen LogP contribution in [0, 0.1) is 5.41 Å². The van der Waals surface area contributed by atoms with E-state index in [-0.39, 0.29) is 11.3 Å². The molecule has 0 spiro atoms. The largest absolute Gasteiger partial charge is 0.326 e. The number of piperidine rings is 1. The van der Waals surface area contributed by atoms with Gasteiger partial charge in [0.05, 0.1) is 0 Å². The summed E-state index contributed by atoms with van der Waals surface area (Å²) in [6.07, 6.45) is 1.75. The van der Waals surface area contributed by atoms with Gasteiger partial charge in [0.25, 0.3) is 0 Å². The zero-order valence-electron chi connectivity index (χ0n) is 9.92. The van der Waals surface area contributed by atoms with Crippen LogP contribution in [0.25, 0.3) is 0 Å². The summed E-state index contributed by atoms with van der Waals surface area (Å²) < 4.78 is 0. The predicted molar refractivity (Wildman–Crippen MR) is 70.3 cm³/mol. The van der Waals surface area contributed by atoms with Crippen molar-refractivity contribution in [2.24, 2.45) is 5.41 Å². The number of halogens is 1. The minimum Gasteiger partial charge on any atom is -0.326 e. The molecule has 0 unspecified atom stereocenters. The van der Waals surface area contributed by atoms with E-state index >= 15 is 0 Å². The molecule has 1 amide bonds. The van der Waals surface area contributed by atoms with Crippen molar-refractivity contribution < 1.29 is 4.79 Å². The third kappa shape index (κ3) is 2.99. The van der Waals surface area contributed by atoms with E-state index in [2.05, 4.69) is 10.6 Å². The fraction of sp³-hybridized carbons (Fsp3) is 0.462. The number of carbonyl (C=O) groups is 1. The molecule has 4 heteroatoms. The lowest BCUT2D eigenvalue weighted by Gasteiger charge is -2.32. The Bertz CT molecular complexity index is 414. The lowest BCUT2D eigenvalue weighted by Crippen LogP contribution is -2.42. The fourth-order valence-corrected chi connectivity index (χ4v) is 2.24. The first-order valence-corrected chi connectivity index (χ1v) is 6.26. The Labute approximate surface area is 107 Å². The van der Waals surface area contributed by atoms with Gasteiger partial charge >= 0.3 is 0 Å². The minimum atomic E-state index is -0.270. The van der Waals surface area contributed by atoms with Gasteiger partial charge < -0.3 is 10.6 Å². The van der Waals surface area contributed by atoms with Crippen molar-refractivity contribution in [3.63, 3.8) is 0 Å². The zero-order chi connectivity index (χ0) is 12.3. The van der Waals surface area contributed by atoms with Gasteiger partial charge in [-0.15, -0.1) is 0 Å². The van der Waals surface area contributed by atoms with Gasteiger partial charge in [0.15, 0.2) is 0 Å². The molecule has 0 aliphatic carbocycles. The van der Waals surface area contributed by atoms with Crippen molar-refractivity contribution in [2.45, 2.75) is 19.8 Å². The first-order valence-electron chi connectivity index (χ1n) is 5.88. The molecule has 0 saturated carbocycles. The van der Waals surface area contributed by atoms with E-state index in [0.29, 0.717) is 5.02 Å². The number of benzene rings is 1. The number of rotatable bonds is 2. The third-order valence-electron chi connectivity index (χ3n) is 3.34. The smallest absolute Gasteiger partial charge is 0.230 e. The highest BCUT2D eigenvalue weighted by Gasteiger charge is 2.34.